The Morgan fingerprint density at radius 1 is 0.917 bits per heavy atom. The first-order chi connectivity index (χ1) is 17.4. The van der Waals surface area contributed by atoms with Crippen LogP contribution in [-0.4, -0.2) is 46.2 Å². The summed E-state index contributed by atoms with van der Waals surface area (Å²) in [5, 5.41) is 3.27. The molecule has 0 saturated carbocycles. The van der Waals surface area contributed by atoms with Crippen molar-refractivity contribution in [1.29, 1.82) is 0 Å². The lowest BCUT2D eigenvalue weighted by molar-refractivity contribution is -0.150. The Kier molecular flexibility index (Phi) is 7.15. The van der Waals surface area contributed by atoms with Gasteiger partial charge in [-0.1, -0.05) is 30.3 Å². The molecule has 0 spiro atoms. The number of methoxy groups -OCH3 is 4. The van der Waals surface area contributed by atoms with Crippen molar-refractivity contribution >= 4 is 17.7 Å². The van der Waals surface area contributed by atoms with Crippen LogP contribution in [0, 0.1) is 5.92 Å². The van der Waals surface area contributed by atoms with Crippen molar-refractivity contribution in [3.63, 3.8) is 0 Å². The number of benzene rings is 2. The fourth-order valence-electron chi connectivity index (χ4n) is 5.19. The number of esters is 2. The molecular weight excluding hydrogens is 462 g/mol. The van der Waals surface area contributed by atoms with Crippen LogP contribution in [0.2, 0.25) is 0 Å². The third-order valence-corrected chi connectivity index (χ3v) is 6.87. The van der Waals surface area contributed by atoms with E-state index in [1.165, 1.54) is 21.3 Å². The van der Waals surface area contributed by atoms with E-state index < -0.39 is 35.5 Å². The molecule has 0 saturated heterocycles. The number of hydrogen-bond acceptors (Lipinski definition) is 8. The van der Waals surface area contributed by atoms with Crippen molar-refractivity contribution in [1.82, 2.24) is 5.32 Å². The Balaban J connectivity index is 1.92. The Labute approximate surface area is 209 Å². The van der Waals surface area contributed by atoms with Crippen LogP contribution in [0.5, 0.6) is 11.5 Å². The monoisotopic (exact) mass is 491 g/mol. The van der Waals surface area contributed by atoms with Gasteiger partial charge in [0.05, 0.1) is 39.9 Å². The molecule has 2 aromatic rings. The van der Waals surface area contributed by atoms with Crippen LogP contribution >= 0.6 is 0 Å². The zero-order valence-corrected chi connectivity index (χ0v) is 20.9. The third-order valence-electron chi connectivity index (χ3n) is 6.87. The number of dihydropyridines is 1. The Bertz CT molecular complexity index is 1260. The Morgan fingerprint density at radius 2 is 1.61 bits per heavy atom. The summed E-state index contributed by atoms with van der Waals surface area (Å²) in [5.41, 5.74) is 3.30. The molecule has 4 rings (SSSR count). The maximum atomic E-state index is 14.2. The van der Waals surface area contributed by atoms with E-state index in [0.717, 1.165) is 5.56 Å². The van der Waals surface area contributed by atoms with Crippen molar-refractivity contribution in [3.05, 3.63) is 82.2 Å². The molecule has 1 aliphatic heterocycles. The summed E-state index contributed by atoms with van der Waals surface area (Å²) >= 11 is 0. The van der Waals surface area contributed by atoms with Gasteiger partial charge >= 0.3 is 11.9 Å². The van der Waals surface area contributed by atoms with Crippen LogP contribution in [-0.2, 0) is 23.9 Å². The van der Waals surface area contributed by atoms with E-state index >= 15 is 0 Å². The maximum Gasteiger partial charge on any atom is 0.336 e. The molecule has 3 atom stereocenters. The van der Waals surface area contributed by atoms with Crippen molar-refractivity contribution < 1.29 is 33.3 Å². The second-order valence-electron chi connectivity index (χ2n) is 8.67. The highest BCUT2D eigenvalue weighted by molar-refractivity contribution is 6.13. The van der Waals surface area contributed by atoms with Gasteiger partial charge in [-0.15, -0.1) is 0 Å². The summed E-state index contributed by atoms with van der Waals surface area (Å²) in [4.78, 5) is 40.2. The number of ether oxygens (including phenoxy) is 4. The van der Waals surface area contributed by atoms with E-state index in [4.69, 9.17) is 18.9 Å². The van der Waals surface area contributed by atoms with Crippen molar-refractivity contribution in [2.45, 2.75) is 25.2 Å². The molecule has 0 radical (unpaired) electrons. The van der Waals surface area contributed by atoms with Gasteiger partial charge in [0, 0.05) is 28.4 Å². The first-order valence-electron chi connectivity index (χ1n) is 11.5. The standard InChI is InChI=1S/C28H29NO7/c1-15-22(27(31)35-4)23(18-8-6-7-9-21(18)34-3)25-20(29-15)14-19(24(26(25)30)28(32)36-5)16-10-12-17(33-2)13-11-16/h6-13,19,23-24,29H,14H2,1-5H3. The van der Waals surface area contributed by atoms with Crippen LogP contribution in [0.25, 0.3) is 0 Å². The normalized spacial score (nSPS) is 21.4. The third kappa shape index (κ3) is 4.23. The Hall–Kier alpha value is -4.07. The van der Waals surface area contributed by atoms with Crippen LogP contribution < -0.4 is 14.8 Å². The van der Waals surface area contributed by atoms with E-state index in [9.17, 15) is 14.4 Å². The number of allylic oxidation sites excluding steroid dienone is 3. The second kappa shape index (κ2) is 10.3. The predicted octanol–water partition coefficient (Wildman–Crippen LogP) is 3.64. The Morgan fingerprint density at radius 3 is 2.22 bits per heavy atom. The molecule has 36 heavy (non-hydrogen) atoms. The summed E-state index contributed by atoms with van der Waals surface area (Å²) in [5.74, 6) is -2.73. The first-order valence-corrected chi connectivity index (χ1v) is 11.5. The zero-order valence-electron chi connectivity index (χ0n) is 20.9. The minimum Gasteiger partial charge on any atom is -0.497 e. The summed E-state index contributed by atoms with van der Waals surface area (Å²) in [7, 11) is 5.67. The average Bonchev–Trinajstić information content (AvgIpc) is 2.91. The van der Waals surface area contributed by atoms with Gasteiger partial charge in [0.1, 0.15) is 17.4 Å². The number of hydrogen-bond donors (Lipinski definition) is 1. The fourth-order valence-corrected chi connectivity index (χ4v) is 5.19. The summed E-state index contributed by atoms with van der Waals surface area (Å²) in [6.45, 7) is 1.78. The number of Topliss-reactive ketones (excluding diaryl/α,β-unsaturated/α-hetero) is 1. The quantitative estimate of drug-likeness (QED) is 0.483. The van der Waals surface area contributed by atoms with Crippen LogP contribution in [0.4, 0.5) is 0 Å². The van der Waals surface area contributed by atoms with Gasteiger partial charge in [-0.05, 0) is 37.1 Å². The number of para-hydroxylation sites is 1. The van der Waals surface area contributed by atoms with Gasteiger partial charge in [0.2, 0.25) is 0 Å². The highest BCUT2D eigenvalue weighted by Gasteiger charge is 2.49. The van der Waals surface area contributed by atoms with Gasteiger partial charge in [-0.2, -0.15) is 0 Å². The van der Waals surface area contributed by atoms with Gasteiger partial charge in [0.25, 0.3) is 0 Å². The molecule has 8 nitrogen and oxygen atoms in total. The summed E-state index contributed by atoms with van der Waals surface area (Å²) < 4.78 is 21.0. The molecule has 0 fully saturated rings. The minimum atomic E-state index is -1.08. The number of carbonyl (C=O) groups excluding carboxylic acids is 3. The number of ketones is 1. The summed E-state index contributed by atoms with van der Waals surface area (Å²) in [6.07, 6.45) is 0.366. The summed E-state index contributed by atoms with van der Waals surface area (Å²) in [6, 6.07) is 14.5. The molecule has 1 N–H and O–H groups in total. The molecule has 0 bridgehead atoms. The number of nitrogens with one attached hydrogen (secondary N) is 1. The lowest BCUT2D eigenvalue weighted by Gasteiger charge is -2.39. The molecule has 188 valence electrons. The molecule has 1 aliphatic carbocycles. The van der Waals surface area contributed by atoms with Crippen molar-refractivity contribution in [2.75, 3.05) is 28.4 Å². The van der Waals surface area contributed by atoms with E-state index in [-0.39, 0.29) is 0 Å². The van der Waals surface area contributed by atoms with Crippen LogP contribution in [0.15, 0.2) is 71.1 Å². The zero-order chi connectivity index (χ0) is 26.0. The smallest absolute Gasteiger partial charge is 0.336 e. The highest BCUT2D eigenvalue weighted by atomic mass is 16.5. The van der Waals surface area contributed by atoms with E-state index in [1.807, 2.05) is 30.3 Å². The molecule has 8 heteroatoms. The molecule has 0 amide bonds. The molecule has 3 unspecified atom stereocenters. The maximum absolute atomic E-state index is 14.2. The van der Waals surface area contributed by atoms with Crippen molar-refractivity contribution in [2.24, 2.45) is 5.92 Å². The van der Waals surface area contributed by atoms with E-state index in [1.54, 1.807) is 32.2 Å². The average molecular weight is 492 g/mol. The van der Waals surface area contributed by atoms with E-state index in [0.29, 0.717) is 46.0 Å². The SMILES string of the molecule is COC(=O)C1=C(C)NC2=C(C(=O)C(C(=O)OC)C(c3ccc(OC)cc3)C2)C1c1ccccc1OC. The highest BCUT2D eigenvalue weighted by Crippen LogP contribution is 2.49. The second-order valence-corrected chi connectivity index (χ2v) is 8.67. The minimum absolute atomic E-state index is 0.292. The number of rotatable bonds is 6. The van der Waals surface area contributed by atoms with Gasteiger partial charge in [0.15, 0.2) is 5.78 Å². The van der Waals surface area contributed by atoms with Crippen LogP contribution in [0.1, 0.15) is 36.3 Å². The van der Waals surface area contributed by atoms with Crippen LogP contribution in [0.3, 0.4) is 0 Å². The molecule has 1 heterocycles. The van der Waals surface area contributed by atoms with Gasteiger partial charge in [-0.3, -0.25) is 9.59 Å². The molecule has 2 aromatic carbocycles. The first kappa shape index (κ1) is 25.0. The lowest BCUT2D eigenvalue weighted by atomic mass is 9.67. The largest absolute Gasteiger partial charge is 0.497 e. The molecule has 0 aromatic heterocycles. The van der Waals surface area contributed by atoms with Gasteiger partial charge < -0.3 is 24.3 Å². The molecular formula is C28H29NO7. The predicted molar refractivity (Wildman–Crippen MR) is 131 cm³/mol. The fraction of sp³-hybridized carbons (Fsp3) is 0.321. The lowest BCUT2D eigenvalue weighted by Crippen LogP contribution is -2.43. The number of carbonyl (C=O) groups is 3. The van der Waals surface area contributed by atoms with E-state index in [2.05, 4.69) is 5.32 Å². The van der Waals surface area contributed by atoms with Gasteiger partial charge in [-0.25, -0.2) is 4.79 Å². The molecule has 2 aliphatic rings. The topological polar surface area (TPSA) is 100 Å². The van der Waals surface area contributed by atoms with Crippen molar-refractivity contribution in [3.8, 4) is 11.5 Å².